The molecule has 2 aromatic rings. The summed E-state index contributed by atoms with van der Waals surface area (Å²) in [5.74, 6) is 2.19. The molecule has 0 spiro atoms. The van der Waals surface area contributed by atoms with Crippen molar-refractivity contribution in [1.29, 1.82) is 0 Å². The van der Waals surface area contributed by atoms with Crippen LogP contribution in [0.2, 0.25) is 0 Å². The fraction of sp³-hybridized carbons (Fsp3) is 0.533. The zero-order valence-electron chi connectivity index (χ0n) is 12.6. The predicted octanol–water partition coefficient (Wildman–Crippen LogP) is 1.99. The Morgan fingerprint density at radius 1 is 1.29 bits per heavy atom. The molecule has 21 heavy (non-hydrogen) atoms. The molecule has 112 valence electrons. The Bertz CT molecular complexity index is 589. The van der Waals surface area contributed by atoms with Gasteiger partial charge in [-0.25, -0.2) is 9.97 Å². The van der Waals surface area contributed by atoms with E-state index in [1.807, 2.05) is 30.9 Å². The molecule has 0 aliphatic carbocycles. The van der Waals surface area contributed by atoms with Crippen LogP contribution in [0.5, 0.6) is 5.88 Å². The number of anilines is 1. The smallest absolute Gasteiger partial charge is 0.218 e. The molecular weight excluding hydrogens is 266 g/mol. The first kappa shape index (κ1) is 13.9. The lowest BCUT2D eigenvalue weighted by Gasteiger charge is -2.32. The van der Waals surface area contributed by atoms with E-state index in [4.69, 9.17) is 4.74 Å². The van der Waals surface area contributed by atoms with Crippen LogP contribution in [-0.2, 0) is 7.05 Å². The van der Waals surface area contributed by atoms with Crippen molar-refractivity contribution in [2.24, 2.45) is 7.05 Å². The third-order valence-corrected chi connectivity index (χ3v) is 4.02. The molecule has 0 unspecified atom stereocenters. The highest BCUT2D eigenvalue weighted by Gasteiger charge is 2.23. The molecule has 3 rings (SSSR count). The summed E-state index contributed by atoms with van der Waals surface area (Å²) < 4.78 is 7.43. The highest BCUT2D eigenvalue weighted by molar-refractivity contribution is 5.41. The first-order valence-electron chi connectivity index (χ1n) is 7.45. The number of hydrogen-bond donors (Lipinski definition) is 0. The number of ether oxygens (including phenoxy) is 1. The molecule has 0 saturated carbocycles. The zero-order valence-corrected chi connectivity index (χ0v) is 12.6. The average molecular weight is 287 g/mol. The molecule has 0 bridgehead atoms. The Kier molecular flexibility index (Phi) is 4.03. The first-order valence-corrected chi connectivity index (χ1v) is 7.45. The van der Waals surface area contributed by atoms with Crippen molar-refractivity contribution in [2.45, 2.75) is 25.7 Å². The minimum atomic E-state index is 0.585. The maximum Gasteiger partial charge on any atom is 0.218 e. The molecule has 1 aliphatic rings. The van der Waals surface area contributed by atoms with Gasteiger partial charge in [0, 0.05) is 44.0 Å². The lowest BCUT2D eigenvalue weighted by molar-refractivity contribution is 0.326. The Morgan fingerprint density at radius 2 is 2.10 bits per heavy atom. The summed E-state index contributed by atoms with van der Waals surface area (Å²) in [6.07, 6.45) is 5.69. The summed E-state index contributed by atoms with van der Waals surface area (Å²) in [5, 5.41) is 4.27. The van der Waals surface area contributed by atoms with Gasteiger partial charge in [0.1, 0.15) is 12.1 Å². The normalized spacial score (nSPS) is 16.2. The molecule has 0 N–H and O–H groups in total. The van der Waals surface area contributed by atoms with Gasteiger partial charge in [-0.3, -0.25) is 4.68 Å². The second-order valence-electron chi connectivity index (χ2n) is 5.29. The van der Waals surface area contributed by atoms with Crippen LogP contribution in [0, 0.1) is 0 Å². The van der Waals surface area contributed by atoms with E-state index in [1.54, 1.807) is 6.33 Å². The summed E-state index contributed by atoms with van der Waals surface area (Å²) >= 11 is 0. The molecule has 1 saturated heterocycles. The van der Waals surface area contributed by atoms with Crippen LogP contribution in [0.15, 0.2) is 24.7 Å². The van der Waals surface area contributed by atoms with Crippen LogP contribution in [-0.4, -0.2) is 39.4 Å². The molecule has 1 aliphatic heterocycles. The second-order valence-corrected chi connectivity index (χ2v) is 5.29. The van der Waals surface area contributed by atoms with Gasteiger partial charge in [0.2, 0.25) is 5.88 Å². The van der Waals surface area contributed by atoms with Crippen molar-refractivity contribution in [3.63, 3.8) is 0 Å². The van der Waals surface area contributed by atoms with Gasteiger partial charge in [0.25, 0.3) is 0 Å². The summed E-state index contributed by atoms with van der Waals surface area (Å²) in [6, 6.07) is 4.05. The van der Waals surface area contributed by atoms with Crippen LogP contribution in [0.3, 0.4) is 0 Å². The van der Waals surface area contributed by atoms with Crippen LogP contribution in [0.4, 0.5) is 5.82 Å². The van der Waals surface area contributed by atoms with Gasteiger partial charge in [-0.2, -0.15) is 5.10 Å². The van der Waals surface area contributed by atoms with Crippen molar-refractivity contribution in [1.82, 2.24) is 19.7 Å². The van der Waals surface area contributed by atoms with Crippen molar-refractivity contribution in [3.8, 4) is 5.88 Å². The van der Waals surface area contributed by atoms with Gasteiger partial charge < -0.3 is 9.64 Å². The SMILES string of the molecule is CCOc1cc(N2CCC(c3ccnn3C)CC2)ncn1. The number of piperidine rings is 1. The Hall–Kier alpha value is -2.11. The number of aryl methyl sites for hydroxylation is 1. The molecule has 0 atom stereocenters. The summed E-state index contributed by atoms with van der Waals surface area (Å²) in [4.78, 5) is 10.8. The third kappa shape index (κ3) is 2.99. The Labute approximate surface area is 124 Å². The van der Waals surface area contributed by atoms with Crippen LogP contribution >= 0.6 is 0 Å². The molecule has 0 aromatic carbocycles. The number of hydrogen-bond acceptors (Lipinski definition) is 5. The molecule has 6 nitrogen and oxygen atoms in total. The fourth-order valence-corrected chi connectivity index (χ4v) is 2.92. The molecule has 0 radical (unpaired) electrons. The maximum absolute atomic E-state index is 5.44. The van der Waals surface area contributed by atoms with Gasteiger partial charge in [-0.15, -0.1) is 0 Å². The van der Waals surface area contributed by atoms with E-state index < -0.39 is 0 Å². The highest BCUT2D eigenvalue weighted by atomic mass is 16.5. The van der Waals surface area contributed by atoms with E-state index in [2.05, 4.69) is 26.0 Å². The maximum atomic E-state index is 5.44. The van der Waals surface area contributed by atoms with Crippen molar-refractivity contribution < 1.29 is 4.74 Å². The number of nitrogens with zero attached hydrogens (tertiary/aromatic N) is 5. The molecule has 3 heterocycles. The van der Waals surface area contributed by atoms with E-state index in [0.717, 1.165) is 31.7 Å². The minimum absolute atomic E-state index is 0.585. The van der Waals surface area contributed by atoms with Gasteiger partial charge in [-0.05, 0) is 25.8 Å². The van der Waals surface area contributed by atoms with Crippen molar-refractivity contribution >= 4 is 5.82 Å². The van der Waals surface area contributed by atoms with Crippen molar-refractivity contribution in [2.75, 3.05) is 24.6 Å². The summed E-state index contributed by atoms with van der Waals surface area (Å²) in [5.41, 5.74) is 1.33. The van der Waals surface area contributed by atoms with E-state index in [1.165, 1.54) is 5.69 Å². The lowest BCUT2D eigenvalue weighted by Crippen LogP contribution is -2.34. The van der Waals surface area contributed by atoms with Crippen LogP contribution in [0.25, 0.3) is 0 Å². The fourth-order valence-electron chi connectivity index (χ4n) is 2.92. The molecular formula is C15H21N5O. The van der Waals surface area contributed by atoms with Crippen LogP contribution in [0.1, 0.15) is 31.4 Å². The molecule has 6 heteroatoms. The predicted molar refractivity (Wildman–Crippen MR) is 80.6 cm³/mol. The zero-order chi connectivity index (χ0) is 14.7. The molecule has 1 fully saturated rings. The quantitative estimate of drug-likeness (QED) is 0.861. The Balaban J connectivity index is 1.65. The van der Waals surface area contributed by atoms with Gasteiger partial charge in [0.05, 0.1) is 6.61 Å². The summed E-state index contributed by atoms with van der Waals surface area (Å²) in [6.45, 7) is 4.58. The van der Waals surface area contributed by atoms with Gasteiger partial charge in [0.15, 0.2) is 0 Å². The standard InChI is InChI=1S/C15H21N5O/c1-3-21-15-10-14(16-11-17-15)20-8-5-12(6-9-20)13-4-7-18-19(13)2/h4,7,10-12H,3,5-6,8-9H2,1-2H3. The van der Waals surface area contributed by atoms with E-state index in [-0.39, 0.29) is 0 Å². The monoisotopic (exact) mass is 287 g/mol. The van der Waals surface area contributed by atoms with Gasteiger partial charge in [-0.1, -0.05) is 0 Å². The second kappa shape index (κ2) is 6.11. The number of rotatable bonds is 4. The average Bonchev–Trinajstić information content (AvgIpc) is 2.94. The number of aromatic nitrogens is 4. The highest BCUT2D eigenvalue weighted by Crippen LogP contribution is 2.29. The van der Waals surface area contributed by atoms with Crippen molar-refractivity contribution in [3.05, 3.63) is 30.4 Å². The van der Waals surface area contributed by atoms with E-state index >= 15 is 0 Å². The summed E-state index contributed by atoms with van der Waals surface area (Å²) in [7, 11) is 2.01. The topological polar surface area (TPSA) is 56.1 Å². The van der Waals surface area contributed by atoms with Crippen LogP contribution < -0.4 is 9.64 Å². The van der Waals surface area contributed by atoms with E-state index in [0.29, 0.717) is 18.4 Å². The van der Waals surface area contributed by atoms with Gasteiger partial charge >= 0.3 is 0 Å². The minimum Gasteiger partial charge on any atom is -0.478 e. The third-order valence-electron chi connectivity index (χ3n) is 4.02. The first-order chi connectivity index (χ1) is 10.3. The largest absolute Gasteiger partial charge is 0.478 e. The molecule has 2 aromatic heterocycles. The Morgan fingerprint density at radius 3 is 2.76 bits per heavy atom. The van der Waals surface area contributed by atoms with E-state index in [9.17, 15) is 0 Å². The lowest BCUT2D eigenvalue weighted by atomic mass is 9.93. The molecule has 0 amide bonds.